The van der Waals surface area contributed by atoms with Gasteiger partial charge in [-0.2, -0.15) is 0 Å². The molecule has 0 aromatic heterocycles. The third-order valence-corrected chi connectivity index (χ3v) is 4.53. The molecular weight excluding hydrogens is 270 g/mol. The van der Waals surface area contributed by atoms with Crippen LogP contribution in [0, 0.1) is 17.6 Å². The third-order valence-electron chi connectivity index (χ3n) is 4.53. The van der Waals surface area contributed by atoms with E-state index < -0.39 is 11.6 Å². The molecule has 118 valence electrons. The van der Waals surface area contributed by atoms with Crippen LogP contribution in [-0.4, -0.2) is 29.6 Å². The Hall–Kier alpha value is -1.00. The maximum atomic E-state index is 13.4. The molecule has 2 rings (SSSR count). The van der Waals surface area contributed by atoms with E-state index in [0.29, 0.717) is 18.5 Å². The van der Waals surface area contributed by atoms with Crippen molar-refractivity contribution in [3.63, 3.8) is 0 Å². The standard InChI is InChI=1S/C17H26F2N2/c1-5-12(2)16-9-20-17(3,4)11-21(16)10-13-6-7-14(18)15(19)8-13/h6-8,12,16,20H,5,9-11H2,1-4H3. The number of hydrogen-bond donors (Lipinski definition) is 1. The predicted molar refractivity (Wildman–Crippen MR) is 82.1 cm³/mol. The van der Waals surface area contributed by atoms with Gasteiger partial charge in [0.1, 0.15) is 0 Å². The fourth-order valence-electron chi connectivity index (χ4n) is 3.07. The molecule has 0 spiro atoms. The highest BCUT2D eigenvalue weighted by molar-refractivity contribution is 5.18. The zero-order chi connectivity index (χ0) is 15.6. The molecule has 0 saturated carbocycles. The van der Waals surface area contributed by atoms with Crippen molar-refractivity contribution in [2.45, 2.75) is 52.2 Å². The third kappa shape index (κ3) is 4.01. The number of rotatable bonds is 4. The first-order valence-electron chi connectivity index (χ1n) is 7.75. The quantitative estimate of drug-likeness (QED) is 0.914. The summed E-state index contributed by atoms with van der Waals surface area (Å²) in [7, 11) is 0. The molecule has 2 unspecified atom stereocenters. The van der Waals surface area contributed by atoms with E-state index in [0.717, 1.165) is 25.1 Å². The van der Waals surface area contributed by atoms with Crippen LogP contribution in [-0.2, 0) is 6.54 Å². The zero-order valence-electron chi connectivity index (χ0n) is 13.4. The van der Waals surface area contributed by atoms with E-state index in [-0.39, 0.29) is 5.54 Å². The van der Waals surface area contributed by atoms with Crippen molar-refractivity contribution < 1.29 is 8.78 Å². The summed E-state index contributed by atoms with van der Waals surface area (Å²) in [6, 6.07) is 4.64. The van der Waals surface area contributed by atoms with Crippen molar-refractivity contribution in [2.75, 3.05) is 13.1 Å². The Bertz CT molecular complexity index is 488. The van der Waals surface area contributed by atoms with Crippen molar-refractivity contribution in [3.8, 4) is 0 Å². The summed E-state index contributed by atoms with van der Waals surface area (Å²) in [5.74, 6) is -0.973. The predicted octanol–water partition coefficient (Wildman–Crippen LogP) is 3.56. The van der Waals surface area contributed by atoms with Crippen LogP contribution in [0.5, 0.6) is 0 Å². The Balaban J connectivity index is 2.17. The number of nitrogens with one attached hydrogen (secondary N) is 1. The van der Waals surface area contributed by atoms with E-state index >= 15 is 0 Å². The van der Waals surface area contributed by atoms with Crippen LogP contribution in [0.15, 0.2) is 18.2 Å². The van der Waals surface area contributed by atoms with E-state index in [2.05, 4.69) is 37.9 Å². The van der Waals surface area contributed by atoms with Gasteiger partial charge in [-0.1, -0.05) is 26.3 Å². The van der Waals surface area contributed by atoms with Crippen molar-refractivity contribution in [2.24, 2.45) is 5.92 Å². The van der Waals surface area contributed by atoms with Crippen LogP contribution >= 0.6 is 0 Å². The van der Waals surface area contributed by atoms with Crippen LogP contribution in [0.3, 0.4) is 0 Å². The molecule has 1 N–H and O–H groups in total. The zero-order valence-corrected chi connectivity index (χ0v) is 13.4. The molecular formula is C17H26F2N2. The minimum Gasteiger partial charge on any atom is -0.309 e. The Labute approximate surface area is 126 Å². The Morgan fingerprint density at radius 3 is 2.67 bits per heavy atom. The minimum atomic E-state index is -0.780. The van der Waals surface area contributed by atoms with Gasteiger partial charge in [-0.15, -0.1) is 0 Å². The van der Waals surface area contributed by atoms with Crippen molar-refractivity contribution in [1.29, 1.82) is 0 Å². The second-order valence-corrected chi connectivity index (χ2v) is 6.87. The first-order valence-corrected chi connectivity index (χ1v) is 7.75. The highest BCUT2D eigenvalue weighted by Gasteiger charge is 2.34. The van der Waals surface area contributed by atoms with Crippen molar-refractivity contribution in [3.05, 3.63) is 35.4 Å². The number of nitrogens with zero attached hydrogens (tertiary/aromatic N) is 1. The maximum absolute atomic E-state index is 13.4. The minimum absolute atomic E-state index is 0.0442. The summed E-state index contributed by atoms with van der Waals surface area (Å²) in [4.78, 5) is 2.40. The van der Waals surface area contributed by atoms with Crippen LogP contribution in [0.2, 0.25) is 0 Å². The van der Waals surface area contributed by atoms with Crippen molar-refractivity contribution in [1.82, 2.24) is 10.2 Å². The maximum Gasteiger partial charge on any atom is 0.159 e. The highest BCUT2D eigenvalue weighted by Crippen LogP contribution is 2.24. The number of piperazine rings is 1. The monoisotopic (exact) mass is 296 g/mol. The summed E-state index contributed by atoms with van der Waals surface area (Å²) >= 11 is 0. The number of halogens is 2. The highest BCUT2D eigenvalue weighted by atomic mass is 19.2. The molecule has 2 atom stereocenters. The normalized spacial score (nSPS) is 24.0. The molecule has 1 aromatic carbocycles. The first-order chi connectivity index (χ1) is 9.82. The average Bonchev–Trinajstić information content (AvgIpc) is 2.41. The van der Waals surface area contributed by atoms with Gasteiger partial charge in [-0.3, -0.25) is 4.90 Å². The van der Waals surface area contributed by atoms with Gasteiger partial charge in [0.15, 0.2) is 11.6 Å². The molecule has 1 aliphatic rings. The lowest BCUT2D eigenvalue weighted by atomic mass is 9.90. The Kier molecular flexibility index (Phi) is 4.99. The van der Waals surface area contributed by atoms with Crippen LogP contribution in [0.4, 0.5) is 8.78 Å². The lowest BCUT2D eigenvalue weighted by Gasteiger charge is -2.47. The molecule has 1 fully saturated rings. The van der Waals surface area contributed by atoms with Crippen LogP contribution in [0.25, 0.3) is 0 Å². The van der Waals surface area contributed by atoms with Crippen LogP contribution < -0.4 is 5.32 Å². The van der Waals surface area contributed by atoms with Gasteiger partial charge in [0.25, 0.3) is 0 Å². The second kappa shape index (κ2) is 6.41. The molecule has 21 heavy (non-hydrogen) atoms. The molecule has 2 nitrogen and oxygen atoms in total. The van der Waals surface area contributed by atoms with Gasteiger partial charge in [-0.05, 0) is 37.5 Å². The molecule has 0 bridgehead atoms. The molecule has 4 heteroatoms. The molecule has 0 radical (unpaired) electrons. The van der Waals surface area contributed by atoms with Crippen molar-refractivity contribution >= 4 is 0 Å². The molecule has 1 aromatic rings. The van der Waals surface area contributed by atoms with E-state index in [1.807, 2.05) is 0 Å². The van der Waals surface area contributed by atoms with Gasteiger partial charge in [0.2, 0.25) is 0 Å². The van der Waals surface area contributed by atoms with Gasteiger partial charge in [-0.25, -0.2) is 8.78 Å². The largest absolute Gasteiger partial charge is 0.309 e. The smallest absolute Gasteiger partial charge is 0.159 e. The molecule has 1 aliphatic heterocycles. The number of hydrogen-bond acceptors (Lipinski definition) is 2. The molecule has 0 amide bonds. The Morgan fingerprint density at radius 1 is 1.33 bits per heavy atom. The topological polar surface area (TPSA) is 15.3 Å². The van der Waals surface area contributed by atoms with Gasteiger partial charge < -0.3 is 5.32 Å². The fourth-order valence-corrected chi connectivity index (χ4v) is 3.07. The lowest BCUT2D eigenvalue weighted by molar-refractivity contribution is 0.0570. The fraction of sp³-hybridized carbons (Fsp3) is 0.647. The molecule has 1 saturated heterocycles. The van der Waals surface area contributed by atoms with E-state index in [9.17, 15) is 8.78 Å². The molecule has 0 aliphatic carbocycles. The summed E-state index contributed by atoms with van der Waals surface area (Å²) in [6.45, 7) is 11.3. The summed E-state index contributed by atoms with van der Waals surface area (Å²) < 4.78 is 26.5. The van der Waals surface area contributed by atoms with Gasteiger partial charge in [0, 0.05) is 31.2 Å². The van der Waals surface area contributed by atoms with Gasteiger partial charge >= 0.3 is 0 Å². The SMILES string of the molecule is CCC(C)C1CNC(C)(C)CN1Cc1ccc(F)c(F)c1. The lowest BCUT2D eigenvalue weighted by Crippen LogP contribution is -2.62. The Morgan fingerprint density at radius 2 is 2.05 bits per heavy atom. The van der Waals surface area contributed by atoms with Gasteiger partial charge in [0.05, 0.1) is 0 Å². The summed E-state index contributed by atoms with van der Waals surface area (Å²) in [5.41, 5.74) is 0.877. The van der Waals surface area contributed by atoms with E-state index in [1.54, 1.807) is 6.07 Å². The molecule has 1 heterocycles. The summed E-state index contributed by atoms with van der Waals surface area (Å²) in [6.07, 6.45) is 1.11. The second-order valence-electron chi connectivity index (χ2n) is 6.87. The van der Waals surface area contributed by atoms with E-state index in [1.165, 1.54) is 12.1 Å². The summed E-state index contributed by atoms with van der Waals surface area (Å²) in [5, 5.41) is 3.58. The number of benzene rings is 1. The average molecular weight is 296 g/mol. The first kappa shape index (κ1) is 16.4. The van der Waals surface area contributed by atoms with Crippen LogP contribution in [0.1, 0.15) is 39.7 Å². The van der Waals surface area contributed by atoms with E-state index in [4.69, 9.17) is 0 Å².